The zero-order valence-corrected chi connectivity index (χ0v) is 12.8. The molecule has 1 aliphatic rings. The third-order valence-electron chi connectivity index (χ3n) is 3.83. The van der Waals surface area contributed by atoms with Crippen molar-refractivity contribution in [2.24, 2.45) is 5.41 Å². The number of allylic oxidation sites excluding steroid dienone is 2. The van der Waals surface area contributed by atoms with Gasteiger partial charge in [0.15, 0.2) is 5.78 Å². The van der Waals surface area contributed by atoms with Crippen LogP contribution in [0.5, 0.6) is 0 Å². The number of carbonyl (C=O) groups excluding carboxylic acids is 1. The van der Waals surface area contributed by atoms with Gasteiger partial charge >= 0.3 is 0 Å². The van der Waals surface area contributed by atoms with Gasteiger partial charge in [0.2, 0.25) is 0 Å². The lowest BCUT2D eigenvalue weighted by molar-refractivity contribution is 0.0998. The SMILES string of the molecule is CC1=C(C(=O)c2ccccc2)C(C)(C)CCC1Br. The van der Waals surface area contributed by atoms with Gasteiger partial charge in [0.05, 0.1) is 0 Å². The molecule has 0 saturated carbocycles. The normalized spacial score (nSPS) is 23.0. The average molecular weight is 307 g/mol. The molecule has 1 aromatic rings. The number of benzene rings is 1. The molecule has 18 heavy (non-hydrogen) atoms. The predicted molar refractivity (Wildman–Crippen MR) is 79.2 cm³/mol. The third-order valence-corrected chi connectivity index (χ3v) is 4.97. The van der Waals surface area contributed by atoms with Crippen LogP contribution in [0, 0.1) is 5.41 Å². The van der Waals surface area contributed by atoms with Gasteiger partial charge in [-0.05, 0) is 25.2 Å². The van der Waals surface area contributed by atoms with Gasteiger partial charge in [0.1, 0.15) is 0 Å². The summed E-state index contributed by atoms with van der Waals surface area (Å²) >= 11 is 3.68. The van der Waals surface area contributed by atoms with Crippen molar-refractivity contribution in [3.63, 3.8) is 0 Å². The van der Waals surface area contributed by atoms with Crippen molar-refractivity contribution in [1.29, 1.82) is 0 Å². The van der Waals surface area contributed by atoms with E-state index >= 15 is 0 Å². The van der Waals surface area contributed by atoms with Gasteiger partial charge in [-0.2, -0.15) is 0 Å². The summed E-state index contributed by atoms with van der Waals surface area (Å²) in [6, 6.07) is 9.58. The Kier molecular flexibility index (Phi) is 3.76. The molecule has 1 atom stereocenters. The molecule has 0 bridgehead atoms. The Morgan fingerprint density at radius 2 is 1.89 bits per heavy atom. The molecular formula is C16H19BrO. The fraction of sp³-hybridized carbons (Fsp3) is 0.438. The highest BCUT2D eigenvalue weighted by molar-refractivity contribution is 9.09. The minimum Gasteiger partial charge on any atom is -0.289 e. The highest BCUT2D eigenvalue weighted by Gasteiger charge is 2.36. The maximum atomic E-state index is 12.7. The fourth-order valence-electron chi connectivity index (χ4n) is 2.74. The summed E-state index contributed by atoms with van der Waals surface area (Å²) < 4.78 is 0. The van der Waals surface area contributed by atoms with Crippen molar-refractivity contribution in [3.05, 3.63) is 47.0 Å². The number of alkyl halides is 1. The summed E-state index contributed by atoms with van der Waals surface area (Å²) in [4.78, 5) is 13.0. The Labute approximate surface area is 117 Å². The number of ketones is 1. The van der Waals surface area contributed by atoms with E-state index < -0.39 is 0 Å². The highest BCUT2D eigenvalue weighted by Crippen LogP contribution is 2.43. The summed E-state index contributed by atoms with van der Waals surface area (Å²) in [6.07, 6.45) is 2.15. The lowest BCUT2D eigenvalue weighted by Gasteiger charge is -2.36. The molecule has 96 valence electrons. The molecule has 2 rings (SSSR count). The number of Topliss-reactive ketones (excluding diaryl/α,β-unsaturated/α-hetero) is 1. The van der Waals surface area contributed by atoms with Crippen LogP contribution < -0.4 is 0 Å². The maximum absolute atomic E-state index is 12.7. The second kappa shape index (κ2) is 5.00. The lowest BCUT2D eigenvalue weighted by Crippen LogP contribution is -2.30. The molecule has 0 spiro atoms. The monoisotopic (exact) mass is 306 g/mol. The largest absolute Gasteiger partial charge is 0.289 e. The van der Waals surface area contributed by atoms with Crippen molar-refractivity contribution in [3.8, 4) is 0 Å². The Hall–Kier alpha value is -0.890. The Morgan fingerprint density at radius 1 is 1.28 bits per heavy atom. The smallest absolute Gasteiger partial charge is 0.189 e. The van der Waals surface area contributed by atoms with E-state index in [0.29, 0.717) is 4.83 Å². The quantitative estimate of drug-likeness (QED) is 0.568. The van der Waals surface area contributed by atoms with Crippen LogP contribution in [0.1, 0.15) is 44.0 Å². The first-order chi connectivity index (χ1) is 8.43. The molecule has 0 amide bonds. The molecule has 0 radical (unpaired) electrons. The number of rotatable bonds is 2. The second-order valence-corrected chi connectivity index (χ2v) is 6.75. The van der Waals surface area contributed by atoms with E-state index in [1.807, 2.05) is 30.3 Å². The topological polar surface area (TPSA) is 17.1 Å². The van der Waals surface area contributed by atoms with Gasteiger partial charge < -0.3 is 0 Å². The number of hydrogen-bond donors (Lipinski definition) is 0. The van der Waals surface area contributed by atoms with E-state index in [-0.39, 0.29) is 11.2 Å². The molecule has 0 N–H and O–H groups in total. The van der Waals surface area contributed by atoms with Crippen LogP contribution in [0.25, 0.3) is 0 Å². The molecule has 1 aromatic carbocycles. The van der Waals surface area contributed by atoms with Crippen LogP contribution in [0.3, 0.4) is 0 Å². The fourth-order valence-corrected chi connectivity index (χ4v) is 3.20. The predicted octanol–water partition coefficient (Wildman–Crippen LogP) is 4.77. The van der Waals surface area contributed by atoms with E-state index in [4.69, 9.17) is 0 Å². The van der Waals surface area contributed by atoms with Crippen LogP contribution >= 0.6 is 15.9 Å². The van der Waals surface area contributed by atoms with Crippen LogP contribution in [0.15, 0.2) is 41.5 Å². The van der Waals surface area contributed by atoms with Crippen LogP contribution in [-0.2, 0) is 0 Å². The van der Waals surface area contributed by atoms with Gasteiger partial charge in [0.25, 0.3) is 0 Å². The molecule has 1 unspecified atom stereocenters. The molecular weight excluding hydrogens is 288 g/mol. The van der Waals surface area contributed by atoms with Crippen LogP contribution in [0.2, 0.25) is 0 Å². The Balaban J connectivity index is 2.47. The standard InChI is InChI=1S/C16H19BrO/c1-11-13(17)9-10-16(2,3)14(11)15(18)12-7-5-4-6-8-12/h4-8,13H,9-10H2,1-3H3. The molecule has 0 fully saturated rings. The molecule has 0 aliphatic heterocycles. The highest BCUT2D eigenvalue weighted by atomic mass is 79.9. The zero-order valence-electron chi connectivity index (χ0n) is 11.2. The van der Waals surface area contributed by atoms with Gasteiger partial charge in [-0.1, -0.05) is 65.7 Å². The molecule has 2 heteroatoms. The molecule has 1 aliphatic carbocycles. The number of halogens is 1. The van der Waals surface area contributed by atoms with E-state index in [1.165, 1.54) is 5.57 Å². The number of hydrogen-bond acceptors (Lipinski definition) is 1. The van der Waals surface area contributed by atoms with E-state index in [9.17, 15) is 4.79 Å². The minimum atomic E-state index is -0.0265. The lowest BCUT2D eigenvalue weighted by atomic mass is 9.70. The van der Waals surface area contributed by atoms with E-state index in [0.717, 1.165) is 24.0 Å². The zero-order chi connectivity index (χ0) is 13.3. The summed E-state index contributed by atoms with van der Waals surface area (Å²) in [5.41, 5.74) is 2.95. The maximum Gasteiger partial charge on any atom is 0.189 e. The molecule has 1 nitrogen and oxygen atoms in total. The van der Waals surface area contributed by atoms with Crippen LogP contribution in [-0.4, -0.2) is 10.6 Å². The summed E-state index contributed by atoms with van der Waals surface area (Å²) in [5, 5.41) is 0. The first kappa shape index (κ1) is 13.5. The summed E-state index contributed by atoms with van der Waals surface area (Å²) in [7, 11) is 0. The molecule has 0 heterocycles. The number of carbonyl (C=O) groups is 1. The Bertz CT molecular complexity index is 485. The van der Waals surface area contributed by atoms with Gasteiger partial charge in [-0.3, -0.25) is 4.79 Å². The van der Waals surface area contributed by atoms with Gasteiger partial charge in [-0.15, -0.1) is 0 Å². The second-order valence-electron chi connectivity index (χ2n) is 5.64. The van der Waals surface area contributed by atoms with Crippen molar-refractivity contribution >= 4 is 21.7 Å². The first-order valence-electron chi connectivity index (χ1n) is 6.38. The van der Waals surface area contributed by atoms with Crippen molar-refractivity contribution in [2.45, 2.75) is 38.4 Å². The minimum absolute atomic E-state index is 0.0265. The van der Waals surface area contributed by atoms with Crippen LogP contribution in [0.4, 0.5) is 0 Å². The van der Waals surface area contributed by atoms with Crippen molar-refractivity contribution < 1.29 is 4.79 Å². The van der Waals surface area contributed by atoms with E-state index in [1.54, 1.807) is 0 Å². The van der Waals surface area contributed by atoms with Crippen molar-refractivity contribution in [2.75, 3.05) is 0 Å². The first-order valence-corrected chi connectivity index (χ1v) is 7.30. The summed E-state index contributed by atoms with van der Waals surface area (Å²) in [6.45, 7) is 6.42. The van der Waals surface area contributed by atoms with E-state index in [2.05, 4.69) is 36.7 Å². The van der Waals surface area contributed by atoms with Gasteiger partial charge in [-0.25, -0.2) is 0 Å². The Morgan fingerprint density at radius 3 is 2.50 bits per heavy atom. The van der Waals surface area contributed by atoms with Gasteiger partial charge in [0, 0.05) is 16.0 Å². The molecule has 0 aromatic heterocycles. The molecule has 0 saturated heterocycles. The summed E-state index contributed by atoms with van der Waals surface area (Å²) in [5.74, 6) is 0.183. The van der Waals surface area contributed by atoms with Crippen molar-refractivity contribution in [1.82, 2.24) is 0 Å². The third kappa shape index (κ3) is 2.44. The average Bonchev–Trinajstić information content (AvgIpc) is 2.35.